The van der Waals surface area contributed by atoms with E-state index in [1.807, 2.05) is 0 Å². The van der Waals surface area contributed by atoms with Crippen molar-refractivity contribution in [2.75, 3.05) is 6.54 Å². The first-order valence-corrected chi connectivity index (χ1v) is 2.36. The van der Waals surface area contributed by atoms with Crippen LogP contribution in [-0.2, 0) is 4.74 Å². The molecule has 1 aliphatic rings. The molecule has 0 aromatic carbocycles. The molecule has 1 fully saturated rings. The van der Waals surface area contributed by atoms with Crippen molar-refractivity contribution < 1.29 is 4.74 Å². The summed E-state index contributed by atoms with van der Waals surface area (Å²) < 4.78 is 4.97. The lowest BCUT2D eigenvalue weighted by atomic mass is 10.3. The largest absolute Gasteiger partial charge is 0.364 e. The highest BCUT2D eigenvalue weighted by molar-refractivity contribution is 4.98. The third kappa shape index (κ3) is 0.813. The van der Waals surface area contributed by atoms with Crippen molar-refractivity contribution in [3.05, 3.63) is 12.7 Å². The van der Waals surface area contributed by atoms with Crippen molar-refractivity contribution in [1.82, 2.24) is 0 Å². The normalized spacial score (nSPS) is 37.9. The molecule has 0 aromatic rings. The standard InChI is InChI=1S/C5H9NO/c1-2-4-5(3-6)7-4/h2,4-5H,1,3,6H2/t4-,5-/m0/s1. The van der Waals surface area contributed by atoms with Crippen LogP contribution >= 0.6 is 0 Å². The molecule has 0 unspecified atom stereocenters. The van der Waals surface area contributed by atoms with Gasteiger partial charge in [-0.3, -0.25) is 0 Å². The molecule has 0 aliphatic carbocycles. The Morgan fingerprint density at radius 1 is 1.86 bits per heavy atom. The fourth-order valence-corrected chi connectivity index (χ4v) is 0.553. The molecule has 2 atom stereocenters. The van der Waals surface area contributed by atoms with Gasteiger partial charge in [-0.25, -0.2) is 0 Å². The first-order valence-electron chi connectivity index (χ1n) is 2.36. The van der Waals surface area contributed by atoms with E-state index in [-0.39, 0.29) is 12.2 Å². The van der Waals surface area contributed by atoms with Gasteiger partial charge in [0, 0.05) is 6.54 Å². The lowest BCUT2D eigenvalue weighted by Gasteiger charge is -1.75. The summed E-state index contributed by atoms with van der Waals surface area (Å²) in [6, 6.07) is 0. The molecule has 1 aliphatic heterocycles. The highest BCUT2D eigenvalue weighted by Crippen LogP contribution is 2.20. The van der Waals surface area contributed by atoms with Gasteiger partial charge >= 0.3 is 0 Å². The Kier molecular flexibility index (Phi) is 1.13. The van der Waals surface area contributed by atoms with E-state index in [2.05, 4.69) is 6.58 Å². The number of ether oxygens (including phenoxy) is 1. The van der Waals surface area contributed by atoms with Crippen LogP contribution in [0, 0.1) is 0 Å². The van der Waals surface area contributed by atoms with Gasteiger partial charge in [-0.2, -0.15) is 0 Å². The zero-order valence-electron chi connectivity index (χ0n) is 4.13. The lowest BCUT2D eigenvalue weighted by Crippen LogP contribution is -2.07. The van der Waals surface area contributed by atoms with Gasteiger partial charge in [0.1, 0.15) is 12.2 Å². The van der Waals surface area contributed by atoms with Crippen LogP contribution in [0.3, 0.4) is 0 Å². The van der Waals surface area contributed by atoms with E-state index in [9.17, 15) is 0 Å². The minimum Gasteiger partial charge on any atom is -0.364 e. The second-order valence-corrected chi connectivity index (χ2v) is 1.61. The van der Waals surface area contributed by atoms with Crippen LogP contribution in [0.1, 0.15) is 0 Å². The zero-order valence-corrected chi connectivity index (χ0v) is 4.13. The van der Waals surface area contributed by atoms with Gasteiger partial charge < -0.3 is 10.5 Å². The van der Waals surface area contributed by atoms with Crippen LogP contribution in [-0.4, -0.2) is 18.8 Å². The maximum absolute atomic E-state index is 5.23. The predicted molar refractivity (Wildman–Crippen MR) is 27.9 cm³/mol. The average Bonchev–Trinajstić information content (AvgIpc) is 2.43. The summed E-state index contributed by atoms with van der Waals surface area (Å²) in [7, 11) is 0. The first kappa shape index (κ1) is 4.81. The molecule has 2 nitrogen and oxygen atoms in total. The second kappa shape index (κ2) is 1.64. The van der Waals surface area contributed by atoms with Gasteiger partial charge in [-0.1, -0.05) is 6.08 Å². The number of nitrogens with two attached hydrogens (primary N) is 1. The molecule has 0 spiro atoms. The Hall–Kier alpha value is -0.340. The van der Waals surface area contributed by atoms with Crippen molar-refractivity contribution in [3.63, 3.8) is 0 Å². The monoisotopic (exact) mass is 99.1 g/mol. The van der Waals surface area contributed by atoms with E-state index in [0.717, 1.165) is 0 Å². The van der Waals surface area contributed by atoms with Crippen molar-refractivity contribution in [1.29, 1.82) is 0 Å². The summed E-state index contributed by atoms with van der Waals surface area (Å²) in [5.74, 6) is 0. The molecule has 7 heavy (non-hydrogen) atoms. The molecule has 0 aromatic heterocycles. The van der Waals surface area contributed by atoms with E-state index in [1.54, 1.807) is 6.08 Å². The number of hydrogen-bond acceptors (Lipinski definition) is 2. The van der Waals surface area contributed by atoms with E-state index in [1.165, 1.54) is 0 Å². The van der Waals surface area contributed by atoms with Crippen molar-refractivity contribution in [2.24, 2.45) is 5.73 Å². The van der Waals surface area contributed by atoms with E-state index >= 15 is 0 Å². The fraction of sp³-hybridized carbons (Fsp3) is 0.600. The van der Waals surface area contributed by atoms with E-state index in [0.29, 0.717) is 6.54 Å². The first-order chi connectivity index (χ1) is 3.38. The molecular formula is C5H9NO. The van der Waals surface area contributed by atoms with Gasteiger partial charge in [0.25, 0.3) is 0 Å². The van der Waals surface area contributed by atoms with Crippen molar-refractivity contribution in [2.45, 2.75) is 12.2 Å². The molecular weight excluding hydrogens is 90.1 g/mol. The number of hydrogen-bond donors (Lipinski definition) is 1. The minimum atomic E-state index is 0.255. The molecule has 1 rings (SSSR count). The van der Waals surface area contributed by atoms with Crippen molar-refractivity contribution in [3.8, 4) is 0 Å². The van der Waals surface area contributed by atoms with E-state index < -0.39 is 0 Å². The Labute approximate surface area is 43.0 Å². The fourth-order valence-electron chi connectivity index (χ4n) is 0.553. The summed E-state index contributed by atoms with van der Waals surface area (Å²) >= 11 is 0. The summed E-state index contributed by atoms with van der Waals surface area (Å²) in [4.78, 5) is 0. The van der Waals surface area contributed by atoms with Gasteiger partial charge in [0.2, 0.25) is 0 Å². The third-order valence-corrected chi connectivity index (χ3v) is 1.09. The SMILES string of the molecule is C=C[C@@H]1O[C@H]1CN. The Balaban J connectivity index is 2.17. The molecule has 0 bridgehead atoms. The second-order valence-electron chi connectivity index (χ2n) is 1.61. The topological polar surface area (TPSA) is 38.5 Å². The smallest absolute Gasteiger partial charge is 0.103 e. The van der Waals surface area contributed by atoms with Crippen molar-refractivity contribution >= 4 is 0 Å². The maximum atomic E-state index is 5.23. The molecule has 1 heterocycles. The van der Waals surface area contributed by atoms with Crippen LogP contribution in [0.5, 0.6) is 0 Å². The molecule has 1 saturated heterocycles. The molecule has 0 amide bonds. The van der Waals surface area contributed by atoms with Crippen LogP contribution < -0.4 is 5.73 Å². The van der Waals surface area contributed by atoms with Gasteiger partial charge in [-0.15, -0.1) is 6.58 Å². The van der Waals surface area contributed by atoms with E-state index in [4.69, 9.17) is 10.5 Å². The van der Waals surface area contributed by atoms with Crippen LogP contribution in [0.15, 0.2) is 12.7 Å². The Morgan fingerprint density at radius 2 is 2.57 bits per heavy atom. The number of rotatable bonds is 2. The predicted octanol–water partition coefficient (Wildman–Crippen LogP) is -0.101. The Morgan fingerprint density at radius 3 is 2.71 bits per heavy atom. The third-order valence-electron chi connectivity index (χ3n) is 1.09. The summed E-state index contributed by atoms with van der Waals surface area (Å²) in [6.45, 7) is 4.16. The Bertz CT molecular complexity index is 82.1. The van der Waals surface area contributed by atoms with Crippen LogP contribution in [0.2, 0.25) is 0 Å². The molecule has 0 saturated carbocycles. The maximum Gasteiger partial charge on any atom is 0.103 e. The minimum absolute atomic E-state index is 0.255. The van der Waals surface area contributed by atoms with Gasteiger partial charge in [-0.05, 0) is 0 Å². The molecule has 0 radical (unpaired) electrons. The van der Waals surface area contributed by atoms with Gasteiger partial charge in [0.05, 0.1) is 0 Å². The lowest BCUT2D eigenvalue weighted by molar-refractivity contribution is 0.392. The highest BCUT2D eigenvalue weighted by Gasteiger charge is 2.33. The van der Waals surface area contributed by atoms with Crippen LogP contribution in [0.4, 0.5) is 0 Å². The van der Waals surface area contributed by atoms with Gasteiger partial charge in [0.15, 0.2) is 0 Å². The van der Waals surface area contributed by atoms with Crippen LogP contribution in [0.25, 0.3) is 0 Å². The molecule has 40 valence electrons. The molecule has 2 N–H and O–H groups in total. The zero-order chi connectivity index (χ0) is 5.28. The molecule has 2 heteroatoms. The quantitative estimate of drug-likeness (QED) is 0.388. The summed E-state index contributed by atoms with van der Waals surface area (Å²) in [6.07, 6.45) is 2.31. The number of epoxide rings is 1. The summed E-state index contributed by atoms with van der Waals surface area (Å²) in [5.41, 5.74) is 5.23. The summed E-state index contributed by atoms with van der Waals surface area (Å²) in [5, 5.41) is 0. The highest BCUT2D eigenvalue weighted by atomic mass is 16.6. The average molecular weight is 99.1 g/mol.